The predicted molar refractivity (Wildman–Crippen MR) is 87.7 cm³/mol. The number of piperazine rings is 1. The van der Waals surface area contributed by atoms with Crippen LogP contribution in [0.5, 0.6) is 0 Å². The first-order valence-electron chi connectivity index (χ1n) is 9.35. The molecule has 0 bridgehead atoms. The van der Waals surface area contributed by atoms with E-state index in [2.05, 4.69) is 24.1 Å². The lowest BCUT2D eigenvalue weighted by Gasteiger charge is -2.50. The van der Waals surface area contributed by atoms with E-state index in [-0.39, 0.29) is 0 Å². The number of ether oxygens (including phenoxy) is 1. The Morgan fingerprint density at radius 3 is 2.67 bits per heavy atom. The number of nitrogens with one attached hydrogen (secondary N) is 1. The first-order chi connectivity index (χ1) is 10.2. The lowest BCUT2D eigenvalue weighted by atomic mass is 9.79. The molecule has 122 valence electrons. The molecule has 0 aromatic rings. The molecule has 3 rings (SSSR count). The quantitative estimate of drug-likeness (QED) is 0.861. The van der Waals surface area contributed by atoms with Gasteiger partial charge in [-0.15, -0.1) is 0 Å². The van der Waals surface area contributed by atoms with E-state index in [4.69, 9.17) is 4.74 Å². The van der Waals surface area contributed by atoms with E-state index in [0.29, 0.717) is 17.7 Å². The largest absolute Gasteiger partial charge is 0.374 e. The van der Waals surface area contributed by atoms with Crippen LogP contribution in [0.1, 0.15) is 71.6 Å². The molecule has 1 aliphatic carbocycles. The Kier molecular flexibility index (Phi) is 5.23. The van der Waals surface area contributed by atoms with Crippen LogP contribution in [-0.4, -0.2) is 48.3 Å². The highest BCUT2D eigenvalue weighted by molar-refractivity contribution is 5.00. The van der Waals surface area contributed by atoms with Crippen LogP contribution in [-0.2, 0) is 4.74 Å². The van der Waals surface area contributed by atoms with Gasteiger partial charge >= 0.3 is 0 Å². The van der Waals surface area contributed by atoms with Crippen molar-refractivity contribution in [1.29, 1.82) is 0 Å². The molecule has 3 aliphatic rings. The number of nitrogens with zero attached hydrogens (tertiary/aromatic N) is 1. The molecule has 2 saturated heterocycles. The van der Waals surface area contributed by atoms with E-state index in [0.717, 1.165) is 6.04 Å². The molecule has 1 N–H and O–H groups in total. The second-order valence-corrected chi connectivity index (χ2v) is 7.74. The van der Waals surface area contributed by atoms with E-state index >= 15 is 0 Å². The van der Waals surface area contributed by atoms with Crippen LogP contribution in [0.4, 0.5) is 0 Å². The van der Waals surface area contributed by atoms with Crippen molar-refractivity contribution in [3.63, 3.8) is 0 Å². The van der Waals surface area contributed by atoms with Crippen LogP contribution in [0, 0.1) is 0 Å². The maximum atomic E-state index is 6.10. The summed E-state index contributed by atoms with van der Waals surface area (Å²) in [6.45, 7) is 8.15. The van der Waals surface area contributed by atoms with Crippen molar-refractivity contribution in [2.45, 2.75) is 95.4 Å². The van der Waals surface area contributed by atoms with Crippen molar-refractivity contribution in [3.8, 4) is 0 Å². The summed E-state index contributed by atoms with van der Waals surface area (Å²) in [6, 6.07) is 0.724. The van der Waals surface area contributed by atoms with Gasteiger partial charge in [0.05, 0.1) is 12.2 Å². The van der Waals surface area contributed by atoms with Crippen LogP contribution in [0.3, 0.4) is 0 Å². The average Bonchev–Trinajstić information content (AvgIpc) is 2.88. The fourth-order valence-corrected chi connectivity index (χ4v) is 4.71. The zero-order valence-corrected chi connectivity index (χ0v) is 14.1. The van der Waals surface area contributed by atoms with E-state index in [9.17, 15) is 0 Å². The van der Waals surface area contributed by atoms with Crippen LogP contribution in [0.2, 0.25) is 0 Å². The number of rotatable bonds is 4. The maximum Gasteiger partial charge on any atom is 0.0706 e. The molecule has 0 aromatic heterocycles. The Morgan fingerprint density at radius 2 is 2.00 bits per heavy atom. The minimum atomic E-state index is 0.423. The predicted octanol–water partition coefficient (Wildman–Crippen LogP) is 3.33. The van der Waals surface area contributed by atoms with Crippen molar-refractivity contribution >= 4 is 0 Å². The fourth-order valence-electron chi connectivity index (χ4n) is 4.71. The molecule has 21 heavy (non-hydrogen) atoms. The highest BCUT2D eigenvalue weighted by Crippen LogP contribution is 2.33. The van der Waals surface area contributed by atoms with E-state index in [1.165, 1.54) is 77.4 Å². The van der Waals surface area contributed by atoms with Gasteiger partial charge in [0.1, 0.15) is 0 Å². The van der Waals surface area contributed by atoms with Crippen LogP contribution in [0.25, 0.3) is 0 Å². The summed E-state index contributed by atoms with van der Waals surface area (Å²) in [5.74, 6) is 0. The molecule has 3 unspecified atom stereocenters. The second kappa shape index (κ2) is 6.97. The average molecular weight is 294 g/mol. The van der Waals surface area contributed by atoms with Gasteiger partial charge in [0.15, 0.2) is 0 Å². The van der Waals surface area contributed by atoms with Crippen LogP contribution in [0.15, 0.2) is 0 Å². The van der Waals surface area contributed by atoms with Crippen molar-refractivity contribution < 1.29 is 4.74 Å². The highest BCUT2D eigenvalue weighted by atomic mass is 16.5. The molecule has 1 spiro atoms. The Labute approximate surface area is 130 Å². The summed E-state index contributed by atoms with van der Waals surface area (Å²) < 4.78 is 6.10. The van der Waals surface area contributed by atoms with E-state index < -0.39 is 0 Å². The zero-order chi connectivity index (χ0) is 14.7. The number of hydrogen-bond donors (Lipinski definition) is 1. The first kappa shape index (κ1) is 15.8. The third-order valence-corrected chi connectivity index (χ3v) is 5.93. The number of hydrogen-bond acceptors (Lipinski definition) is 3. The normalized spacial score (nSPS) is 37.1. The third kappa shape index (κ3) is 3.80. The lowest BCUT2D eigenvalue weighted by molar-refractivity contribution is -0.0100. The minimum absolute atomic E-state index is 0.423. The topological polar surface area (TPSA) is 24.5 Å². The smallest absolute Gasteiger partial charge is 0.0706 e. The summed E-state index contributed by atoms with van der Waals surface area (Å²) in [4.78, 5) is 2.79. The maximum absolute atomic E-state index is 6.10. The Morgan fingerprint density at radius 1 is 1.19 bits per heavy atom. The fraction of sp³-hybridized carbons (Fsp3) is 1.00. The van der Waals surface area contributed by atoms with Crippen LogP contribution < -0.4 is 5.32 Å². The summed E-state index contributed by atoms with van der Waals surface area (Å²) >= 11 is 0. The molecule has 3 fully saturated rings. The molecule has 0 amide bonds. The van der Waals surface area contributed by atoms with Gasteiger partial charge in [-0.3, -0.25) is 4.90 Å². The van der Waals surface area contributed by atoms with Gasteiger partial charge in [-0.1, -0.05) is 32.6 Å². The molecular formula is C18H34N2O. The molecule has 2 aliphatic heterocycles. The Hall–Kier alpha value is -0.120. The Bertz CT molecular complexity index is 327. The molecule has 0 aromatic carbocycles. The SMILES string of the molecule is CCCC1CNC2(CCCCC2)CN1CC1CCC(C)O1. The highest BCUT2D eigenvalue weighted by Gasteiger charge is 2.40. The summed E-state index contributed by atoms with van der Waals surface area (Å²) in [5, 5.41) is 3.95. The van der Waals surface area contributed by atoms with Gasteiger partial charge in [0, 0.05) is 31.2 Å². The molecule has 0 radical (unpaired) electrons. The zero-order valence-electron chi connectivity index (χ0n) is 14.1. The summed E-state index contributed by atoms with van der Waals surface area (Å²) in [6.07, 6.45) is 13.1. The van der Waals surface area contributed by atoms with Gasteiger partial charge in [0.25, 0.3) is 0 Å². The molecule has 3 heteroatoms. The van der Waals surface area contributed by atoms with Gasteiger partial charge < -0.3 is 10.1 Å². The molecule has 2 heterocycles. The van der Waals surface area contributed by atoms with Crippen LogP contribution >= 0.6 is 0 Å². The van der Waals surface area contributed by atoms with Crippen molar-refractivity contribution in [2.75, 3.05) is 19.6 Å². The molecular weight excluding hydrogens is 260 g/mol. The first-order valence-corrected chi connectivity index (χ1v) is 9.35. The summed E-state index contributed by atoms with van der Waals surface area (Å²) in [5.41, 5.74) is 0.423. The molecule has 1 saturated carbocycles. The monoisotopic (exact) mass is 294 g/mol. The third-order valence-electron chi connectivity index (χ3n) is 5.93. The van der Waals surface area contributed by atoms with Gasteiger partial charge in [-0.2, -0.15) is 0 Å². The van der Waals surface area contributed by atoms with Gasteiger partial charge in [-0.25, -0.2) is 0 Å². The second-order valence-electron chi connectivity index (χ2n) is 7.74. The lowest BCUT2D eigenvalue weighted by Crippen LogP contribution is -2.65. The van der Waals surface area contributed by atoms with Gasteiger partial charge in [0.2, 0.25) is 0 Å². The van der Waals surface area contributed by atoms with Crippen molar-refractivity contribution in [1.82, 2.24) is 10.2 Å². The molecule has 3 atom stereocenters. The molecule has 3 nitrogen and oxygen atoms in total. The van der Waals surface area contributed by atoms with E-state index in [1.807, 2.05) is 0 Å². The van der Waals surface area contributed by atoms with Crippen molar-refractivity contribution in [2.24, 2.45) is 0 Å². The van der Waals surface area contributed by atoms with E-state index in [1.54, 1.807) is 0 Å². The van der Waals surface area contributed by atoms with Gasteiger partial charge in [-0.05, 0) is 39.0 Å². The standard InChI is InChI=1S/C18H34N2O/c1-3-7-16-12-19-18(10-5-4-6-11-18)14-20(16)13-17-9-8-15(2)21-17/h15-17,19H,3-14H2,1-2H3. The minimum Gasteiger partial charge on any atom is -0.374 e. The summed E-state index contributed by atoms with van der Waals surface area (Å²) in [7, 11) is 0. The van der Waals surface area contributed by atoms with Crippen molar-refractivity contribution in [3.05, 3.63) is 0 Å². The Balaban J connectivity index is 1.63.